The molecule has 1 aromatic rings. The van der Waals surface area contributed by atoms with Crippen molar-refractivity contribution in [3.63, 3.8) is 0 Å². The number of hydrazine groups is 1. The summed E-state index contributed by atoms with van der Waals surface area (Å²) in [6, 6.07) is 5.12. The van der Waals surface area contributed by atoms with E-state index >= 15 is 0 Å². The van der Waals surface area contributed by atoms with Crippen LogP contribution in [0.4, 0.5) is 4.39 Å². The fraction of sp³-hybridized carbons (Fsp3) is 0.500. The van der Waals surface area contributed by atoms with Gasteiger partial charge in [-0.1, -0.05) is 30.2 Å². The average Bonchev–Trinajstić information content (AvgIpc) is 2.21. The van der Waals surface area contributed by atoms with Gasteiger partial charge in [0.2, 0.25) is 0 Å². The molecule has 1 aliphatic carbocycles. The standard InChI is InChI=1S/C12H16ClFN2/c13-12-9(5-2-6-10(12)14)7-11(16-15)8-3-1-4-8/h2,5-6,8,11,16H,1,3-4,7,15H2. The topological polar surface area (TPSA) is 38.0 Å². The number of nitrogens with two attached hydrogens (primary N) is 1. The van der Waals surface area contributed by atoms with Crippen LogP contribution >= 0.6 is 11.6 Å². The van der Waals surface area contributed by atoms with E-state index in [1.807, 2.05) is 6.07 Å². The van der Waals surface area contributed by atoms with Crippen molar-refractivity contribution in [3.05, 3.63) is 34.6 Å². The molecule has 2 rings (SSSR count). The second-order valence-corrected chi connectivity index (χ2v) is 4.76. The van der Waals surface area contributed by atoms with Crippen molar-refractivity contribution in [1.29, 1.82) is 0 Å². The van der Waals surface area contributed by atoms with Gasteiger partial charge < -0.3 is 0 Å². The Morgan fingerprint density at radius 2 is 2.25 bits per heavy atom. The van der Waals surface area contributed by atoms with Crippen LogP contribution in [-0.4, -0.2) is 6.04 Å². The Kier molecular flexibility index (Phi) is 3.79. The van der Waals surface area contributed by atoms with Gasteiger partial charge in [0.05, 0.1) is 5.02 Å². The van der Waals surface area contributed by atoms with Crippen molar-refractivity contribution in [2.75, 3.05) is 0 Å². The summed E-state index contributed by atoms with van der Waals surface area (Å²) in [4.78, 5) is 0. The van der Waals surface area contributed by atoms with E-state index in [0.717, 1.165) is 5.56 Å². The van der Waals surface area contributed by atoms with Crippen LogP contribution < -0.4 is 11.3 Å². The van der Waals surface area contributed by atoms with E-state index in [1.165, 1.54) is 25.3 Å². The number of hydrogen-bond acceptors (Lipinski definition) is 2. The molecule has 0 aromatic heterocycles. The number of halogens is 2. The molecule has 1 fully saturated rings. The third-order valence-corrected chi connectivity index (χ3v) is 3.83. The second-order valence-electron chi connectivity index (χ2n) is 4.38. The van der Waals surface area contributed by atoms with E-state index in [-0.39, 0.29) is 16.9 Å². The van der Waals surface area contributed by atoms with E-state index in [9.17, 15) is 4.39 Å². The molecule has 1 unspecified atom stereocenters. The van der Waals surface area contributed by atoms with Gasteiger partial charge in [0, 0.05) is 6.04 Å². The zero-order chi connectivity index (χ0) is 11.5. The summed E-state index contributed by atoms with van der Waals surface area (Å²) < 4.78 is 13.2. The lowest BCUT2D eigenvalue weighted by Crippen LogP contribution is -2.44. The smallest absolute Gasteiger partial charge is 0.142 e. The molecule has 1 aromatic carbocycles. The van der Waals surface area contributed by atoms with Crippen LogP contribution in [0.15, 0.2) is 18.2 Å². The van der Waals surface area contributed by atoms with Gasteiger partial charge in [0.1, 0.15) is 5.82 Å². The molecule has 0 radical (unpaired) electrons. The number of hydrogen-bond donors (Lipinski definition) is 2. The Balaban J connectivity index is 2.09. The highest BCUT2D eigenvalue weighted by molar-refractivity contribution is 6.31. The lowest BCUT2D eigenvalue weighted by atomic mass is 9.78. The van der Waals surface area contributed by atoms with Gasteiger partial charge in [-0.3, -0.25) is 11.3 Å². The first-order chi connectivity index (χ1) is 7.72. The molecule has 1 aliphatic rings. The lowest BCUT2D eigenvalue weighted by Gasteiger charge is -2.33. The highest BCUT2D eigenvalue weighted by Gasteiger charge is 2.27. The lowest BCUT2D eigenvalue weighted by molar-refractivity contribution is 0.228. The summed E-state index contributed by atoms with van der Waals surface area (Å²) in [7, 11) is 0. The Labute approximate surface area is 99.9 Å². The molecular weight excluding hydrogens is 227 g/mol. The molecular formula is C12H16ClFN2. The maximum absolute atomic E-state index is 13.2. The van der Waals surface area contributed by atoms with Crippen LogP contribution in [0.3, 0.4) is 0 Å². The third-order valence-electron chi connectivity index (χ3n) is 3.40. The second kappa shape index (κ2) is 5.13. The van der Waals surface area contributed by atoms with Gasteiger partial charge >= 0.3 is 0 Å². The molecule has 3 N–H and O–H groups in total. The maximum atomic E-state index is 13.2. The van der Waals surface area contributed by atoms with Gasteiger partial charge in [0.15, 0.2) is 0 Å². The molecule has 4 heteroatoms. The van der Waals surface area contributed by atoms with E-state index < -0.39 is 0 Å². The highest BCUT2D eigenvalue weighted by atomic mass is 35.5. The number of rotatable bonds is 4. The quantitative estimate of drug-likeness (QED) is 0.629. The molecule has 2 nitrogen and oxygen atoms in total. The predicted octanol–water partition coefficient (Wildman–Crippen LogP) is 2.65. The molecule has 16 heavy (non-hydrogen) atoms. The molecule has 0 spiro atoms. The van der Waals surface area contributed by atoms with Crippen LogP contribution in [0.5, 0.6) is 0 Å². The fourth-order valence-electron chi connectivity index (χ4n) is 2.15. The summed E-state index contributed by atoms with van der Waals surface area (Å²) >= 11 is 5.92. The van der Waals surface area contributed by atoms with Crippen molar-refractivity contribution < 1.29 is 4.39 Å². The van der Waals surface area contributed by atoms with E-state index in [0.29, 0.717) is 12.3 Å². The maximum Gasteiger partial charge on any atom is 0.142 e. The van der Waals surface area contributed by atoms with Crippen LogP contribution in [-0.2, 0) is 6.42 Å². The van der Waals surface area contributed by atoms with Crippen molar-refractivity contribution >= 4 is 11.6 Å². The largest absolute Gasteiger partial charge is 0.271 e. The normalized spacial score (nSPS) is 18.2. The van der Waals surface area contributed by atoms with Gasteiger partial charge in [-0.15, -0.1) is 0 Å². The van der Waals surface area contributed by atoms with Gasteiger partial charge in [-0.2, -0.15) is 0 Å². The first kappa shape index (κ1) is 11.8. The Morgan fingerprint density at radius 1 is 1.50 bits per heavy atom. The number of nitrogens with one attached hydrogen (secondary N) is 1. The minimum absolute atomic E-state index is 0.202. The van der Waals surface area contributed by atoms with Crippen LogP contribution in [0.25, 0.3) is 0 Å². The first-order valence-electron chi connectivity index (χ1n) is 5.61. The van der Waals surface area contributed by atoms with Crippen LogP contribution in [0, 0.1) is 11.7 Å². The molecule has 1 atom stereocenters. The first-order valence-corrected chi connectivity index (χ1v) is 5.99. The molecule has 1 saturated carbocycles. The summed E-state index contributed by atoms with van der Waals surface area (Å²) in [6.07, 6.45) is 4.35. The molecule has 88 valence electrons. The van der Waals surface area contributed by atoms with Crippen molar-refractivity contribution in [2.45, 2.75) is 31.7 Å². The molecule has 0 saturated heterocycles. The zero-order valence-electron chi connectivity index (χ0n) is 9.05. The fourth-order valence-corrected chi connectivity index (χ4v) is 2.35. The Morgan fingerprint density at radius 3 is 2.81 bits per heavy atom. The molecule has 0 amide bonds. The van der Waals surface area contributed by atoms with Crippen molar-refractivity contribution in [2.24, 2.45) is 11.8 Å². The third kappa shape index (κ3) is 2.37. The van der Waals surface area contributed by atoms with Crippen LogP contribution in [0.1, 0.15) is 24.8 Å². The summed E-state index contributed by atoms with van der Waals surface area (Å²) in [5.41, 5.74) is 3.65. The van der Waals surface area contributed by atoms with E-state index in [1.54, 1.807) is 6.07 Å². The SMILES string of the molecule is NNC(Cc1cccc(F)c1Cl)C1CCC1. The van der Waals surface area contributed by atoms with Gasteiger partial charge in [0.25, 0.3) is 0 Å². The van der Waals surface area contributed by atoms with Crippen molar-refractivity contribution in [1.82, 2.24) is 5.43 Å². The Hall–Kier alpha value is -0.640. The average molecular weight is 243 g/mol. The Bertz CT molecular complexity index is 366. The van der Waals surface area contributed by atoms with Gasteiger partial charge in [-0.05, 0) is 36.8 Å². The van der Waals surface area contributed by atoms with Crippen LogP contribution in [0.2, 0.25) is 5.02 Å². The monoisotopic (exact) mass is 242 g/mol. The van der Waals surface area contributed by atoms with E-state index in [2.05, 4.69) is 5.43 Å². The van der Waals surface area contributed by atoms with E-state index in [4.69, 9.17) is 17.4 Å². The molecule has 0 bridgehead atoms. The molecule has 0 aliphatic heterocycles. The molecule has 0 heterocycles. The summed E-state index contributed by atoms with van der Waals surface area (Å²) in [6.45, 7) is 0. The van der Waals surface area contributed by atoms with Crippen molar-refractivity contribution in [3.8, 4) is 0 Å². The minimum Gasteiger partial charge on any atom is -0.271 e. The predicted molar refractivity (Wildman–Crippen MR) is 63.6 cm³/mol. The number of benzene rings is 1. The highest BCUT2D eigenvalue weighted by Crippen LogP contribution is 2.32. The summed E-state index contributed by atoms with van der Waals surface area (Å²) in [5.74, 6) is 5.78. The van der Waals surface area contributed by atoms with Gasteiger partial charge in [-0.25, -0.2) is 4.39 Å². The summed E-state index contributed by atoms with van der Waals surface area (Å²) in [5, 5.41) is 0.224. The zero-order valence-corrected chi connectivity index (χ0v) is 9.80. The minimum atomic E-state index is -0.358.